The average Bonchev–Trinajstić information content (AvgIpc) is 3.41. The molecule has 0 aromatic carbocycles. The van der Waals surface area contributed by atoms with E-state index in [0.717, 1.165) is 38.5 Å². The second-order valence-electron chi connectivity index (χ2n) is 25.6. The Balaban J connectivity index is 4.03. The van der Waals surface area contributed by atoms with E-state index in [9.17, 15) is 19.4 Å². The van der Waals surface area contributed by atoms with Crippen LogP contribution >= 0.6 is 7.82 Å². The maximum atomic E-state index is 13.0. The Kier molecular flexibility index (Phi) is 60.2. The number of aliphatic hydroxyl groups excluding tert-OH is 1. The number of aliphatic hydroxyl groups is 1. The molecule has 2 N–H and O–H groups in total. The normalized spacial score (nSPS) is 13.7. The van der Waals surface area contributed by atoms with Gasteiger partial charge in [-0.1, -0.05) is 360 Å². The van der Waals surface area contributed by atoms with Crippen molar-refractivity contribution in [2.24, 2.45) is 0 Å². The molecule has 0 aliphatic heterocycles. The highest BCUT2D eigenvalue weighted by Gasteiger charge is 2.23. The molecular weight excluding hydrogens is 984 g/mol. The Morgan fingerprint density at radius 3 is 0.962 bits per heavy atom. The Hall–Kier alpha value is -0.760. The van der Waals surface area contributed by atoms with Crippen molar-refractivity contribution < 1.29 is 32.9 Å². The van der Waals surface area contributed by atoms with Crippen molar-refractivity contribution in [3.05, 3.63) is 12.2 Å². The second kappa shape index (κ2) is 60.8. The van der Waals surface area contributed by atoms with Crippen LogP contribution in [0.25, 0.3) is 0 Å². The lowest BCUT2D eigenvalue weighted by atomic mass is 10.0. The fourth-order valence-electron chi connectivity index (χ4n) is 11.0. The van der Waals surface area contributed by atoms with E-state index in [4.69, 9.17) is 9.05 Å². The second-order valence-corrected chi connectivity index (χ2v) is 27.0. The molecule has 0 aliphatic carbocycles. The third-order valence-electron chi connectivity index (χ3n) is 16.5. The molecule has 8 nitrogen and oxygen atoms in total. The van der Waals surface area contributed by atoms with E-state index >= 15 is 0 Å². The number of likely N-dealkylation sites (N-methyl/N-ethyl adjacent to an activating group) is 1. The standard InChI is InChI=1S/C69H139N2O6P/c1-6-8-10-12-14-16-18-20-22-24-26-28-30-32-33-34-35-36-37-39-40-42-44-46-48-50-52-54-56-58-60-62-68(72)67(66-77-78(74,75)76-65-64-71(3,4)5)70-69(73)63-61-59-57-55-53-51-49-47-45-43-41-38-31-29-27-25-23-21-19-17-15-13-11-9-7-2/h60,62,67-68,72H,6-59,61,63-66H2,1-5H3,(H-,70,73,74,75)/b62-60+. The Bertz CT molecular complexity index is 1280. The minimum Gasteiger partial charge on any atom is -0.756 e. The number of phosphoric ester groups is 1. The summed E-state index contributed by atoms with van der Waals surface area (Å²) in [6.07, 6.45) is 77.6. The molecule has 78 heavy (non-hydrogen) atoms. The third-order valence-corrected chi connectivity index (χ3v) is 17.5. The Morgan fingerprint density at radius 2 is 0.692 bits per heavy atom. The first-order valence-electron chi connectivity index (χ1n) is 35.1. The third kappa shape index (κ3) is 62.8. The zero-order valence-electron chi connectivity index (χ0n) is 53.4. The molecule has 1 amide bonds. The Morgan fingerprint density at radius 1 is 0.436 bits per heavy atom. The topological polar surface area (TPSA) is 108 Å². The van der Waals surface area contributed by atoms with Crippen molar-refractivity contribution in [2.45, 2.75) is 386 Å². The van der Waals surface area contributed by atoms with Crippen LogP contribution in [-0.4, -0.2) is 68.5 Å². The first kappa shape index (κ1) is 77.2. The molecule has 466 valence electrons. The number of carbonyl (C=O) groups excluding carboxylic acids is 1. The molecule has 0 heterocycles. The van der Waals surface area contributed by atoms with Crippen molar-refractivity contribution in [3.63, 3.8) is 0 Å². The highest BCUT2D eigenvalue weighted by molar-refractivity contribution is 7.45. The van der Waals surface area contributed by atoms with Crippen molar-refractivity contribution in [1.29, 1.82) is 0 Å². The molecular formula is C69H139N2O6P. The van der Waals surface area contributed by atoms with Crippen LogP contribution in [0.3, 0.4) is 0 Å². The molecule has 0 aliphatic rings. The number of nitrogens with zero attached hydrogens (tertiary/aromatic N) is 1. The number of rotatable bonds is 66. The van der Waals surface area contributed by atoms with Gasteiger partial charge in [0.15, 0.2) is 0 Å². The zero-order valence-corrected chi connectivity index (χ0v) is 54.3. The van der Waals surface area contributed by atoms with Crippen LogP contribution in [-0.2, 0) is 18.4 Å². The van der Waals surface area contributed by atoms with Gasteiger partial charge in [-0.2, -0.15) is 0 Å². The molecule has 0 fully saturated rings. The summed E-state index contributed by atoms with van der Waals surface area (Å²) in [5.74, 6) is -0.187. The molecule has 0 rings (SSSR count). The molecule has 0 spiro atoms. The summed E-state index contributed by atoms with van der Waals surface area (Å²) in [6.45, 7) is 4.72. The number of hydrogen-bond acceptors (Lipinski definition) is 6. The van der Waals surface area contributed by atoms with Crippen molar-refractivity contribution in [3.8, 4) is 0 Å². The average molecular weight is 1120 g/mol. The van der Waals surface area contributed by atoms with Gasteiger partial charge < -0.3 is 28.8 Å². The van der Waals surface area contributed by atoms with E-state index in [0.29, 0.717) is 17.4 Å². The smallest absolute Gasteiger partial charge is 0.268 e. The highest BCUT2D eigenvalue weighted by Crippen LogP contribution is 2.38. The van der Waals surface area contributed by atoms with Crippen molar-refractivity contribution in [1.82, 2.24) is 5.32 Å². The molecule has 0 aromatic heterocycles. The fourth-order valence-corrected chi connectivity index (χ4v) is 11.8. The first-order chi connectivity index (χ1) is 38.0. The van der Waals surface area contributed by atoms with Crippen LogP contribution in [0.15, 0.2) is 12.2 Å². The number of carbonyl (C=O) groups is 1. The maximum Gasteiger partial charge on any atom is 0.268 e. The summed E-state index contributed by atoms with van der Waals surface area (Å²) in [4.78, 5) is 25.6. The number of hydrogen-bond donors (Lipinski definition) is 2. The number of quaternary nitrogens is 1. The number of phosphoric acid groups is 1. The molecule has 0 saturated carbocycles. The van der Waals surface area contributed by atoms with Gasteiger partial charge in [-0.05, 0) is 19.3 Å². The van der Waals surface area contributed by atoms with Crippen LogP contribution in [0.4, 0.5) is 0 Å². The summed E-state index contributed by atoms with van der Waals surface area (Å²) < 4.78 is 23.5. The predicted octanol–water partition coefficient (Wildman–Crippen LogP) is 21.5. The van der Waals surface area contributed by atoms with Crippen molar-refractivity contribution >= 4 is 13.7 Å². The van der Waals surface area contributed by atoms with E-state index in [2.05, 4.69) is 19.2 Å². The summed E-state index contributed by atoms with van der Waals surface area (Å²) >= 11 is 0. The Labute approximate surface area is 488 Å². The summed E-state index contributed by atoms with van der Waals surface area (Å²) in [6, 6.07) is -0.884. The molecule has 0 radical (unpaired) electrons. The minimum atomic E-state index is -4.60. The number of allylic oxidation sites excluding steroid dienone is 1. The zero-order chi connectivity index (χ0) is 57.0. The lowest BCUT2D eigenvalue weighted by molar-refractivity contribution is -0.870. The van der Waals surface area contributed by atoms with Gasteiger partial charge in [-0.15, -0.1) is 0 Å². The van der Waals surface area contributed by atoms with Crippen molar-refractivity contribution in [2.75, 3.05) is 40.9 Å². The van der Waals surface area contributed by atoms with Crippen LogP contribution in [0.2, 0.25) is 0 Å². The maximum absolute atomic E-state index is 13.0. The lowest BCUT2D eigenvalue weighted by Gasteiger charge is -2.29. The van der Waals surface area contributed by atoms with Crippen LogP contribution in [0, 0.1) is 0 Å². The van der Waals surface area contributed by atoms with Gasteiger partial charge in [-0.3, -0.25) is 9.36 Å². The van der Waals surface area contributed by atoms with Gasteiger partial charge in [-0.25, -0.2) is 0 Å². The van der Waals surface area contributed by atoms with E-state index in [1.807, 2.05) is 27.2 Å². The van der Waals surface area contributed by atoms with Gasteiger partial charge in [0, 0.05) is 6.42 Å². The summed E-state index contributed by atoms with van der Waals surface area (Å²) in [5, 5.41) is 14.0. The van der Waals surface area contributed by atoms with Gasteiger partial charge >= 0.3 is 0 Å². The fraction of sp³-hybridized carbons (Fsp3) is 0.957. The molecule has 3 atom stereocenters. The lowest BCUT2D eigenvalue weighted by Crippen LogP contribution is -2.45. The summed E-state index contributed by atoms with van der Waals surface area (Å²) in [5.41, 5.74) is 0. The first-order valence-corrected chi connectivity index (χ1v) is 36.5. The van der Waals surface area contributed by atoms with E-state index < -0.39 is 20.0 Å². The predicted molar refractivity (Wildman–Crippen MR) is 339 cm³/mol. The molecule has 0 aromatic rings. The van der Waals surface area contributed by atoms with Gasteiger partial charge in [0.1, 0.15) is 13.2 Å². The summed E-state index contributed by atoms with van der Waals surface area (Å²) in [7, 11) is 1.28. The number of unbranched alkanes of at least 4 members (excludes halogenated alkanes) is 53. The molecule has 0 bridgehead atoms. The number of nitrogens with one attached hydrogen (secondary N) is 1. The SMILES string of the molecule is CCCCCCCCCCCCCCCCCCCCCCCCCCCCCCC/C=C/C(O)C(COP(=O)([O-])OCC[N+](C)(C)C)NC(=O)CCCCCCCCCCCCCCCCCCCCCCCCCCC. The molecule has 9 heteroatoms. The van der Waals surface area contributed by atoms with E-state index in [1.165, 1.54) is 315 Å². The minimum absolute atomic E-state index is 0.00301. The van der Waals surface area contributed by atoms with Gasteiger partial charge in [0.2, 0.25) is 5.91 Å². The van der Waals surface area contributed by atoms with Gasteiger partial charge in [0.05, 0.1) is 39.9 Å². The van der Waals surface area contributed by atoms with Crippen LogP contribution in [0.1, 0.15) is 373 Å². The monoisotopic (exact) mass is 1120 g/mol. The molecule has 0 saturated heterocycles. The molecule has 3 unspecified atom stereocenters. The van der Waals surface area contributed by atoms with Crippen LogP contribution < -0.4 is 10.2 Å². The van der Waals surface area contributed by atoms with Gasteiger partial charge in [0.25, 0.3) is 7.82 Å². The quantitative estimate of drug-likeness (QED) is 0.0272. The largest absolute Gasteiger partial charge is 0.756 e. The van der Waals surface area contributed by atoms with E-state index in [-0.39, 0.29) is 19.1 Å². The van der Waals surface area contributed by atoms with Crippen LogP contribution in [0.5, 0.6) is 0 Å². The highest BCUT2D eigenvalue weighted by atomic mass is 31.2. The van der Waals surface area contributed by atoms with E-state index in [1.54, 1.807) is 6.08 Å². The number of amides is 1.